The second-order valence-electron chi connectivity index (χ2n) is 3.91. The summed E-state index contributed by atoms with van der Waals surface area (Å²) in [6.45, 7) is 13.3. The van der Waals surface area contributed by atoms with Gasteiger partial charge >= 0.3 is 8.25 Å². The molecule has 0 aliphatic heterocycles. The summed E-state index contributed by atoms with van der Waals surface area (Å²) < 4.78 is 31.4. The molecule has 104 valence electrons. The van der Waals surface area contributed by atoms with Crippen LogP contribution in [0, 0.1) is 0 Å². The second-order valence-corrected chi connectivity index (χ2v) is 4.87. The number of ether oxygens (including phenoxy) is 2. The van der Waals surface area contributed by atoms with E-state index in [1.807, 2.05) is 13.8 Å². The van der Waals surface area contributed by atoms with E-state index < -0.39 is 8.25 Å². The predicted octanol–water partition coefficient (Wildman–Crippen LogP) is 2.86. The lowest BCUT2D eigenvalue weighted by atomic mass is 10.4. The standard InChI is InChI=1S/C12H22O5P/c1-11(2)9-14-5-7-16-18(13)17-8-6-15-10-12(3)4/h1,3,5-10H2,2,4H3/q+1. The molecule has 0 unspecified atom stereocenters. The van der Waals surface area contributed by atoms with Crippen molar-refractivity contribution in [2.45, 2.75) is 13.8 Å². The molecular formula is C12H22O5P+. The Kier molecular flexibility index (Phi) is 11.1. The highest BCUT2D eigenvalue weighted by Crippen LogP contribution is 2.22. The fourth-order valence-corrected chi connectivity index (χ4v) is 1.39. The van der Waals surface area contributed by atoms with E-state index in [9.17, 15) is 4.57 Å². The Morgan fingerprint density at radius 1 is 0.889 bits per heavy atom. The molecule has 0 fully saturated rings. The predicted molar refractivity (Wildman–Crippen MR) is 70.8 cm³/mol. The summed E-state index contributed by atoms with van der Waals surface area (Å²) in [6, 6.07) is 0. The average molecular weight is 277 g/mol. The van der Waals surface area contributed by atoms with E-state index in [1.165, 1.54) is 0 Å². The summed E-state index contributed by atoms with van der Waals surface area (Å²) in [6.07, 6.45) is 0. The molecule has 5 nitrogen and oxygen atoms in total. The zero-order valence-corrected chi connectivity index (χ0v) is 12.0. The maximum atomic E-state index is 11.2. The van der Waals surface area contributed by atoms with Crippen LogP contribution in [0.5, 0.6) is 0 Å². The van der Waals surface area contributed by atoms with Crippen molar-refractivity contribution in [2.24, 2.45) is 0 Å². The van der Waals surface area contributed by atoms with Crippen LogP contribution in [0.15, 0.2) is 24.3 Å². The SMILES string of the molecule is C=C(C)COCCO[P+](=O)OCCOCC(=C)C. The van der Waals surface area contributed by atoms with Gasteiger partial charge in [-0.05, 0) is 13.8 Å². The highest BCUT2D eigenvalue weighted by molar-refractivity contribution is 7.33. The van der Waals surface area contributed by atoms with Crippen LogP contribution in [-0.2, 0) is 23.1 Å². The first-order valence-electron chi connectivity index (χ1n) is 5.69. The van der Waals surface area contributed by atoms with Crippen molar-refractivity contribution >= 4 is 8.25 Å². The summed E-state index contributed by atoms with van der Waals surface area (Å²) >= 11 is 0. The zero-order valence-electron chi connectivity index (χ0n) is 11.1. The molecule has 18 heavy (non-hydrogen) atoms. The lowest BCUT2D eigenvalue weighted by Crippen LogP contribution is -2.05. The lowest BCUT2D eigenvalue weighted by Gasteiger charge is -2.00. The van der Waals surface area contributed by atoms with Crippen LogP contribution in [0.4, 0.5) is 0 Å². The highest BCUT2D eigenvalue weighted by atomic mass is 31.1. The Hall–Kier alpha value is -0.580. The minimum absolute atomic E-state index is 0.231. The molecule has 0 aromatic heterocycles. The van der Waals surface area contributed by atoms with Crippen molar-refractivity contribution in [1.82, 2.24) is 0 Å². The molecule has 0 aromatic carbocycles. The minimum Gasteiger partial charge on any atom is -0.375 e. The molecule has 0 rings (SSSR count). The number of hydrogen-bond donors (Lipinski definition) is 0. The first-order chi connectivity index (χ1) is 8.52. The smallest absolute Gasteiger partial charge is 0.375 e. The van der Waals surface area contributed by atoms with Crippen LogP contribution >= 0.6 is 8.25 Å². The van der Waals surface area contributed by atoms with E-state index in [4.69, 9.17) is 18.5 Å². The topological polar surface area (TPSA) is 54.0 Å². The van der Waals surface area contributed by atoms with Gasteiger partial charge in [-0.15, -0.1) is 9.05 Å². The van der Waals surface area contributed by atoms with E-state index in [-0.39, 0.29) is 13.2 Å². The van der Waals surface area contributed by atoms with E-state index in [2.05, 4.69) is 13.2 Å². The van der Waals surface area contributed by atoms with Crippen LogP contribution < -0.4 is 0 Å². The Morgan fingerprint density at radius 2 is 1.28 bits per heavy atom. The van der Waals surface area contributed by atoms with Gasteiger partial charge in [0.25, 0.3) is 0 Å². The molecule has 0 bridgehead atoms. The molecular weight excluding hydrogens is 255 g/mol. The molecule has 0 radical (unpaired) electrons. The van der Waals surface area contributed by atoms with Gasteiger partial charge in [0.15, 0.2) is 0 Å². The van der Waals surface area contributed by atoms with E-state index in [0.29, 0.717) is 26.4 Å². The largest absolute Gasteiger partial charge is 0.697 e. The van der Waals surface area contributed by atoms with Crippen LogP contribution in [0.1, 0.15) is 13.8 Å². The van der Waals surface area contributed by atoms with Gasteiger partial charge in [0, 0.05) is 4.57 Å². The normalized spacial score (nSPS) is 10.3. The Morgan fingerprint density at radius 3 is 1.61 bits per heavy atom. The molecule has 0 aliphatic rings. The van der Waals surface area contributed by atoms with Gasteiger partial charge in [-0.2, -0.15) is 0 Å². The summed E-state index contributed by atoms with van der Waals surface area (Å²) in [7, 11) is -2.10. The Labute approximate surface area is 110 Å². The average Bonchev–Trinajstić information content (AvgIpc) is 2.27. The van der Waals surface area contributed by atoms with E-state index in [0.717, 1.165) is 11.1 Å². The van der Waals surface area contributed by atoms with Gasteiger partial charge in [0.05, 0.1) is 26.4 Å². The summed E-state index contributed by atoms with van der Waals surface area (Å²) in [5, 5.41) is 0. The monoisotopic (exact) mass is 277 g/mol. The molecule has 0 aromatic rings. The fourth-order valence-electron chi connectivity index (χ4n) is 0.872. The van der Waals surface area contributed by atoms with Crippen LogP contribution in [0.3, 0.4) is 0 Å². The Bertz CT molecular complexity index is 252. The van der Waals surface area contributed by atoms with Crippen molar-refractivity contribution in [3.05, 3.63) is 24.3 Å². The lowest BCUT2D eigenvalue weighted by molar-refractivity contribution is 0.0929. The van der Waals surface area contributed by atoms with Crippen molar-refractivity contribution in [3.63, 3.8) is 0 Å². The fraction of sp³-hybridized carbons (Fsp3) is 0.667. The highest BCUT2D eigenvalue weighted by Gasteiger charge is 2.19. The molecule has 0 aliphatic carbocycles. The summed E-state index contributed by atoms with van der Waals surface area (Å²) in [5.74, 6) is 0. The van der Waals surface area contributed by atoms with Crippen molar-refractivity contribution in [2.75, 3.05) is 39.6 Å². The van der Waals surface area contributed by atoms with E-state index in [1.54, 1.807) is 0 Å². The van der Waals surface area contributed by atoms with Crippen LogP contribution in [-0.4, -0.2) is 39.6 Å². The molecule has 0 saturated heterocycles. The quantitative estimate of drug-likeness (QED) is 0.312. The maximum Gasteiger partial charge on any atom is 0.697 e. The van der Waals surface area contributed by atoms with Gasteiger partial charge in [-0.25, -0.2) is 0 Å². The molecule has 0 heterocycles. The van der Waals surface area contributed by atoms with E-state index >= 15 is 0 Å². The van der Waals surface area contributed by atoms with Crippen molar-refractivity contribution < 1.29 is 23.1 Å². The van der Waals surface area contributed by atoms with Crippen molar-refractivity contribution in [3.8, 4) is 0 Å². The van der Waals surface area contributed by atoms with Crippen LogP contribution in [0.25, 0.3) is 0 Å². The zero-order chi connectivity index (χ0) is 13.8. The van der Waals surface area contributed by atoms with Crippen LogP contribution in [0.2, 0.25) is 0 Å². The van der Waals surface area contributed by atoms with Gasteiger partial charge in [0.2, 0.25) is 0 Å². The summed E-state index contributed by atoms with van der Waals surface area (Å²) in [5.41, 5.74) is 1.87. The third-order valence-electron chi connectivity index (χ3n) is 1.55. The molecule has 6 heteroatoms. The van der Waals surface area contributed by atoms with Gasteiger partial charge in [-0.1, -0.05) is 24.3 Å². The van der Waals surface area contributed by atoms with Gasteiger partial charge in [0.1, 0.15) is 13.2 Å². The number of hydrogen-bond acceptors (Lipinski definition) is 5. The van der Waals surface area contributed by atoms with Crippen molar-refractivity contribution in [1.29, 1.82) is 0 Å². The molecule has 0 amide bonds. The Balaban J connectivity index is 3.27. The van der Waals surface area contributed by atoms with Gasteiger partial charge in [-0.3, -0.25) is 0 Å². The maximum absolute atomic E-state index is 11.2. The second kappa shape index (κ2) is 11.5. The third kappa shape index (κ3) is 13.5. The molecule has 0 N–H and O–H groups in total. The third-order valence-corrected chi connectivity index (χ3v) is 2.33. The van der Waals surface area contributed by atoms with Gasteiger partial charge < -0.3 is 9.47 Å². The number of rotatable bonds is 12. The molecule has 0 saturated carbocycles. The molecule has 0 spiro atoms. The first kappa shape index (κ1) is 17.4. The first-order valence-corrected chi connectivity index (χ1v) is 6.79. The minimum atomic E-state index is -2.10. The molecule has 0 atom stereocenters. The summed E-state index contributed by atoms with van der Waals surface area (Å²) in [4.78, 5) is 0.